The van der Waals surface area contributed by atoms with Crippen LogP contribution in [0.15, 0.2) is 0 Å². The van der Waals surface area contributed by atoms with E-state index >= 15 is 0 Å². The van der Waals surface area contributed by atoms with E-state index in [2.05, 4.69) is 0 Å². The van der Waals surface area contributed by atoms with Crippen molar-refractivity contribution in [1.29, 1.82) is 0 Å². The number of aliphatic hydroxyl groups excluding tert-OH is 1. The molecule has 0 spiro atoms. The van der Waals surface area contributed by atoms with E-state index < -0.39 is 6.10 Å². The monoisotopic (exact) mass is 212 g/mol. The second kappa shape index (κ2) is 7.86. The van der Waals surface area contributed by atoms with Crippen LogP contribution < -0.4 is 0 Å². The molecule has 0 aromatic rings. The molecular formula is C13H24O2. The highest BCUT2D eigenvalue weighted by Gasteiger charge is 2.13. The van der Waals surface area contributed by atoms with Gasteiger partial charge >= 0.3 is 0 Å². The third kappa shape index (κ3) is 5.93. The molecule has 0 saturated heterocycles. The third-order valence-electron chi connectivity index (χ3n) is 3.27. The van der Waals surface area contributed by atoms with Crippen molar-refractivity contribution in [2.75, 3.05) is 0 Å². The summed E-state index contributed by atoms with van der Waals surface area (Å²) in [7, 11) is 0. The highest BCUT2D eigenvalue weighted by atomic mass is 16.3. The van der Waals surface area contributed by atoms with Gasteiger partial charge in [0.2, 0.25) is 0 Å². The van der Waals surface area contributed by atoms with Gasteiger partial charge in [0.25, 0.3) is 0 Å². The molecule has 0 bridgehead atoms. The number of carbonyl (C=O) groups excluding carboxylic acids is 1. The van der Waals surface area contributed by atoms with Gasteiger partial charge in [-0.25, -0.2) is 0 Å². The molecule has 0 amide bonds. The van der Waals surface area contributed by atoms with E-state index in [1.54, 1.807) is 0 Å². The van der Waals surface area contributed by atoms with E-state index in [1.165, 1.54) is 38.5 Å². The molecule has 88 valence electrons. The molecular weight excluding hydrogens is 188 g/mol. The molecule has 15 heavy (non-hydrogen) atoms. The largest absolute Gasteiger partial charge is 0.385 e. The molecule has 0 radical (unpaired) electrons. The number of rotatable bonds is 0. The first kappa shape index (κ1) is 12.7. The summed E-state index contributed by atoms with van der Waals surface area (Å²) in [5.41, 5.74) is 0. The predicted molar refractivity (Wildman–Crippen MR) is 61.8 cm³/mol. The summed E-state index contributed by atoms with van der Waals surface area (Å²) in [6, 6.07) is 0. The Balaban J connectivity index is 2.27. The average molecular weight is 212 g/mol. The Morgan fingerprint density at radius 1 is 0.800 bits per heavy atom. The Kier molecular flexibility index (Phi) is 6.66. The van der Waals surface area contributed by atoms with Crippen LogP contribution in [-0.4, -0.2) is 17.0 Å². The molecule has 1 rings (SSSR count). The van der Waals surface area contributed by atoms with Crippen molar-refractivity contribution >= 4 is 5.78 Å². The van der Waals surface area contributed by atoms with Crippen LogP contribution in [0, 0.1) is 0 Å². The second-order valence-corrected chi connectivity index (χ2v) is 4.70. The fourth-order valence-corrected chi connectivity index (χ4v) is 2.20. The number of carbonyl (C=O) groups is 1. The van der Waals surface area contributed by atoms with Crippen molar-refractivity contribution in [3.8, 4) is 0 Å². The van der Waals surface area contributed by atoms with Crippen LogP contribution >= 0.6 is 0 Å². The zero-order valence-electron chi connectivity index (χ0n) is 9.71. The topological polar surface area (TPSA) is 37.3 Å². The number of hydrogen-bond acceptors (Lipinski definition) is 2. The Bertz CT molecular complexity index is 177. The van der Waals surface area contributed by atoms with Crippen LogP contribution in [0.1, 0.15) is 70.6 Å². The summed E-state index contributed by atoms with van der Waals surface area (Å²) in [4.78, 5) is 11.5. The van der Waals surface area contributed by atoms with Gasteiger partial charge in [-0.05, 0) is 12.8 Å². The fourth-order valence-electron chi connectivity index (χ4n) is 2.20. The maximum Gasteiger partial charge on any atom is 0.161 e. The Labute approximate surface area is 93.1 Å². The number of Topliss-reactive ketones (excluding diaryl/α,β-unsaturated/α-hetero) is 1. The highest BCUT2D eigenvalue weighted by molar-refractivity contribution is 5.82. The first-order valence-corrected chi connectivity index (χ1v) is 6.51. The van der Waals surface area contributed by atoms with Crippen LogP contribution in [0.2, 0.25) is 0 Å². The summed E-state index contributed by atoms with van der Waals surface area (Å²) in [5.74, 6) is 0.0641. The van der Waals surface area contributed by atoms with E-state index in [4.69, 9.17) is 0 Å². The second-order valence-electron chi connectivity index (χ2n) is 4.70. The van der Waals surface area contributed by atoms with Crippen molar-refractivity contribution in [2.24, 2.45) is 0 Å². The summed E-state index contributed by atoms with van der Waals surface area (Å²) in [5, 5.41) is 9.58. The zero-order valence-corrected chi connectivity index (χ0v) is 9.71. The Morgan fingerprint density at radius 2 is 1.27 bits per heavy atom. The molecule has 1 fully saturated rings. The Morgan fingerprint density at radius 3 is 1.87 bits per heavy atom. The maximum atomic E-state index is 11.5. The van der Waals surface area contributed by atoms with Crippen molar-refractivity contribution in [3.63, 3.8) is 0 Å². The summed E-state index contributed by atoms with van der Waals surface area (Å²) >= 11 is 0. The number of aliphatic hydroxyl groups is 1. The van der Waals surface area contributed by atoms with Crippen LogP contribution in [-0.2, 0) is 4.79 Å². The summed E-state index contributed by atoms with van der Waals surface area (Å²) in [6.45, 7) is 0. The molecule has 0 heterocycles. The molecule has 1 aliphatic rings. The molecule has 1 unspecified atom stereocenters. The molecule has 0 aromatic carbocycles. The normalized spacial score (nSPS) is 27.5. The lowest BCUT2D eigenvalue weighted by atomic mass is 10.0. The molecule has 1 atom stereocenters. The van der Waals surface area contributed by atoms with Gasteiger partial charge in [0.05, 0.1) is 0 Å². The van der Waals surface area contributed by atoms with E-state index in [0.717, 1.165) is 19.3 Å². The number of hydrogen-bond donors (Lipinski definition) is 1. The van der Waals surface area contributed by atoms with Crippen LogP contribution in [0.4, 0.5) is 0 Å². The van der Waals surface area contributed by atoms with E-state index in [0.29, 0.717) is 12.8 Å². The lowest BCUT2D eigenvalue weighted by molar-refractivity contribution is -0.127. The van der Waals surface area contributed by atoms with Crippen LogP contribution in [0.3, 0.4) is 0 Å². The van der Waals surface area contributed by atoms with Crippen molar-refractivity contribution < 1.29 is 9.90 Å². The van der Waals surface area contributed by atoms with Gasteiger partial charge in [0, 0.05) is 6.42 Å². The first-order chi connectivity index (χ1) is 7.30. The fraction of sp³-hybridized carbons (Fsp3) is 0.923. The SMILES string of the molecule is O=C1CCCCCCCCCCCC1O. The van der Waals surface area contributed by atoms with Gasteiger partial charge in [0.1, 0.15) is 6.10 Å². The third-order valence-corrected chi connectivity index (χ3v) is 3.27. The summed E-state index contributed by atoms with van der Waals surface area (Å²) < 4.78 is 0. The van der Waals surface area contributed by atoms with E-state index in [1.807, 2.05) is 0 Å². The smallest absolute Gasteiger partial charge is 0.161 e. The predicted octanol–water partition coefficient (Wildman–Crippen LogP) is 3.22. The molecule has 0 aromatic heterocycles. The first-order valence-electron chi connectivity index (χ1n) is 6.51. The minimum atomic E-state index is -0.675. The van der Waals surface area contributed by atoms with Crippen LogP contribution in [0.5, 0.6) is 0 Å². The zero-order chi connectivity index (χ0) is 10.9. The highest BCUT2D eigenvalue weighted by Crippen LogP contribution is 2.15. The molecule has 0 aliphatic heterocycles. The number of ketones is 1. The molecule has 1 N–H and O–H groups in total. The van der Waals surface area contributed by atoms with Gasteiger partial charge in [0.15, 0.2) is 5.78 Å². The minimum Gasteiger partial charge on any atom is -0.385 e. The van der Waals surface area contributed by atoms with Crippen molar-refractivity contribution in [2.45, 2.75) is 76.7 Å². The van der Waals surface area contributed by atoms with Crippen molar-refractivity contribution in [1.82, 2.24) is 0 Å². The lowest BCUT2D eigenvalue weighted by Gasteiger charge is -2.08. The molecule has 2 nitrogen and oxygen atoms in total. The summed E-state index contributed by atoms with van der Waals surface area (Å²) in [6.07, 6.45) is 11.4. The van der Waals surface area contributed by atoms with E-state index in [9.17, 15) is 9.90 Å². The van der Waals surface area contributed by atoms with Gasteiger partial charge < -0.3 is 5.11 Å². The van der Waals surface area contributed by atoms with Gasteiger partial charge in [-0.3, -0.25) is 4.79 Å². The van der Waals surface area contributed by atoms with Crippen LogP contribution in [0.25, 0.3) is 0 Å². The Hall–Kier alpha value is -0.370. The quantitative estimate of drug-likeness (QED) is 0.669. The van der Waals surface area contributed by atoms with Gasteiger partial charge in [-0.2, -0.15) is 0 Å². The maximum absolute atomic E-state index is 11.5. The molecule has 1 saturated carbocycles. The lowest BCUT2D eigenvalue weighted by Crippen LogP contribution is -2.19. The van der Waals surface area contributed by atoms with Gasteiger partial charge in [-0.15, -0.1) is 0 Å². The average Bonchev–Trinajstić information content (AvgIpc) is 2.25. The van der Waals surface area contributed by atoms with Gasteiger partial charge in [-0.1, -0.05) is 51.4 Å². The standard InChI is InChI=1S/C13H24O2/c14-12-10-8-6-4-2-1-3-5-7-9-11-13(12)15/h12,14H,1-11H2. The molecule has 2 heteroatoms. The van der Waals surface area contributed by atoms with Crippen molar-refractivity contribution in [3.05, 3.63) is 0 Å². The molecule has 1 aliphatic carbocycles. The minimum absolute atomic E-state index is 0.0641. The van der Waals surface area contributed by atoms with E-state index in [-0.39, 0.29) is 5.78 Å².